The van der Waals surface area contributed by atoms with Crippen LogP contribution in [0.5, 0.6) is 0 Å². The lowest BCUT2D eigenvalue weighted by Crippen LogP contribution is -2.34. The second-order valence-electron chi connectivity index (χ2n) is 5.49. The Labute approximate surface area is 137 Å². The molecule has 0 saturated carbocycles. The van der Waals surface area contributed by atoms with Crippen molar-refractivity contribution < 1.29 is 9.59 Å². The van der Waals surface area contributed by atoms with Crippen molar-refractivity contribution in [3.8, 4) is 0 Å². The molecule has 124 valence electrons. The number of urea groups is 1. The number of amides is 3. The van der Waals surface area contributed by atoms with Gasteiger partial charge in [0.1, 0.15) is 0 Å². The van der Waals surface area contributed by atoms with Gasteiger partial charge in [-0.15, -0.1) is 12.4 Å². The predicted octanol–water partition coefficient (Wildman–Crippen LogP) is 2.04. The van der Waals surface area contributed by atoms with Crippen molar-refractivity contribution in [2.75, 3.05) is 18.9 Å². The zero-order chi connectivity index (χ0) is 16.0. The van der Waals surface area contributed by atoms with Gasteiger partial charge in [-0.05, 0) is 30.5 Å². The van der Waals surface area contributed by atoms with Gasteiger partial charge in [0.15, 0.2) is 0 Å². The maximum absolute atomic E-state index is 12.3. The summed E-state index contributed by atoms with van der Waals surface area (Å²) in [7, 11) is 1.74. The van der Waals surface area contributed by atoms with Crippen molar-refractivity contribution in [2.45, 2.75) is 26.3 Å². The van der Waals surface area contributed by atoms with Crippen LogP contribution in [-0.4, -0.2) is 36.5 Å². The monoisotopic (exact) mass is 328 g/mol. The summed E-state index contributed by atoms with van der Waals surface area (Å²) in [5.74, 6) is 0.274. The molecule has 0 aliphatic rings. The zero-order valence-electron chi connectivity index (χ0n) is 13.2. The zero-order valence-corrected chi connectivity index (χ0v) is 14.0. The van der Waals surface area contributed by atoms with E-state index in [9.17, 15) is 9.59 Å². The van der Waals surface area contributed by atoms with Crippen LogP contribution in [0.4, 0.5) is 10.5 Å². The fourth-order valence-electron chi connectivity index (χ4n) is 1.87. The van der Waals surface area contributed by atoms with Gasteiger partial charge >= 0.3 is 6.03 Å². The average Bonchev–Trinajstić information content (AvgIpc) is 2.42. The number of rotatable bonds is 6. The van der Waals surface area contributed by atoms with Crippen LogP contribution in [0, 0.1) is 5.92 Å². The van der Waals surface area contributed by atoms with Crippen LogP contribution in [0.25, 0.3) is 0 Å². The van der Waals surface area contributed by atoms with Crippen LogP contribution in [0.15, 0.2) is 24.3 Å². The van der Waals surface area contributed by atoms with E-state index in [1.807, 2.05) is 0 Å². The second-order valence-corrected chi connectivity index (χ2v) is 5.49. The second kappa shape index (κ2) is 9.27. The number of anilines is 1. The van der Waals surface area contributed by atoms with E-state index in [1.54, 1.807) is 36.2 Å². The maximum Gasteiger partial charge on any atom is 0.316 e. The molecular weight excluding hydrogens is 304 g/mol. The number of primary amides is 1. The maximum atomic E-state index is 12.3. The molecule has 0 aromatic heterocycles. The predicted molar refractivity (Wildman–Crippen MR) is 91.3 cm³/mol. The molecule has 1 atom stereocenters. The average molecular weight is 329 g/mol. The van der Waals surface area contributed by atoms with E-state index in [4.69, 9.17) is 11.5 Å². The molecule has 0 aliphatic carbocycles. The van der Waals surface area contributed by atoms with Crippen molar-refractivity contribution in [1.29, 1.82) is 0 Å². The largest absolute Gasteiger partial charge is 0.351 e. The van der Waals surface area contributed by atoms with Gasteiger partial charge in [-0.25, -0.2) is 4.79 Å². The van der Waals surface area contributed by atoms with E-state index >= 15 is 0 Å². The lowest BCUT2D eigenvalue weighted by Gasteiger charge is -2.21. The van der Waals surface area contributed by atoms with Gasteiger partial charge in [0, 0.05) is 30.9 Å². The molecule has 22 heavy (non-hydrogen) atoms. The Morgan fingerprint density at radius 1 is 1.32 bits per heavy atom. The van der Waals surface area contributed by atoms with Crippen molar-refractivity contribution in [2.24, 2.45) is 17.4 Å². The summed E-state index contributed by atoms with van der Waals surface area (Å²) in [5.41, 5.74) is 12.0. The number of carbonyl (C=O) groups excluding carboxylic acids is 2. The Balaban J connectivity index is 0.00000441. The third-order valence-electron chi connectivity index (χ3n) is 3.38. The Morgan fingerprint density at radius 3 is 2.50 bits per heavy atom. The molecule has 1 rings (SSSR count). The summed E-state index contributed by atoms with van der Waals surface area (Å²) in [4.78, 5) is 24.8. The molecule has 1 aromatic carbocycles. The lowest BCUT2D eigenvalue weighted by molar-refractivity contribution is 0.0789. The van der Waals surface area contributed by atoms with Gasteiger partial charge in [-0.1, -0.05) is 19.9 Å². The first-order valence-corrected chi connectivity index (χ1v) is 6.98. The minimum atomic E-state index is -0.657. The number of nitrogens with zero attached hydrogens (tertiary/aromatic N) is 1. The fourth-order valence-corrected chi connectivity index (χ4v) is 1.87. The summed E-state index contributed by atoms with van der Waals surface area (Å²) in [6.45, 7) is 4.71. The van der Waals surface area contributed by atoms with E-state index in [-0.39, 0.29) is 24.4 Å². The van der Waals surface area contributed by atoms with Gasteiger partial charge < -0.3 is 21.7 Å². The van der Waals surface area contributed by atoms with Crippen molar-refractivity contribution in [1.82, 2.24) is 4.90 Å². The van der Waals surface area contributed by atoms with Crippen LogP contribution in [0.1, 0.15) is 30.6 Å². The minimum Gasteiger partial charge on any atom is -0.351 e. The highest BCUT2D eigenvalue weighted by atomic mass is 35.5. The highest BCUT2D eigenvalue weighted by molar-refractivity contribution is 5.96. The molecule has 0 spiro atoms. The summed E-state index contributed by atoms with van der Waals surface area (Å²) < 4.78 is 0. The molecule has 3 amide bonds. The first-order chi connectivity index (χ1) is 9.81. The van der Waals surface area contributed by atoms with E-state index < -0.39 is 6.03 Å². The van der Waals surface area contributed by atoms with E-state index in [0.29, 0.717) is 23.7 Å². The number of hydrogen-bond acceptors (Lipinski definition) is 3. The molecule has 1 unspecified atom stereocenters. The van der Waals surface area contributed by atoms with E-state index in [2.05, 4.69) is 19.2 Å². The standard InChI is InChI=1S/C15H24N4O2.ClH/c1-10(2)13(16)7-8-19(3)14(20)11-5-4-6-12(9-11)18-15(17)21;/h4-6,9-10,13H,7-8,16H2,1-3H3,(H3,17,18,21);1H. The summed E-state index contributed by atoms with van der Waals surface area (Å²) >= 11 is 0. The van der Waals surface area contributed by atoms with Crippen molar-refractivity contribution in [3.05, 3.63) is 29.8 Å². The molecule has 5 N–H and O–H groups in total. The van der Waals surface area contributed by atoms with Gasteiger partial charge in [0.25, 0.3) is 5.91 Å². The molecule has 0 fully saturated rings. The van der Waals surface area contributed by atoms with Crippen LogP contribution >= 0.6 is 12.4 Å². The normalized spacial score (nSPS) is 11.5. The smallest absolute Gasteiger partial charge is 0.316 e. The number of nitrogens with two attached hydrogens (primary N) is 2. The summed E-state index contributed by atoms with van der Waals surface area (Å²) in [6.07, 6.45) is 0.749. The highest BCUT2D eigenvalue weighted by Gasteiger charge is 2.14. The van der Waals surface area contributed by atoms with Gasteiger partial charge in [0.05, 0.1) is 0 Å². The SMILES string of the molecule is CC(C)C(N)CCN(C)C(=O)c1cccc(NC(N)=O)c1.Cl. The Hall–Kier alpha value is -1.79. The third-order valence-corrected chi connectivity index (χ3v) is 3.38. The van der Waals surface area contributed by atoms with Crippen LogP contribution in [-0.2, 0) is 0 Å². The molecule has 6 nitrogen and oxygen atoms in total. The Bertz CT molecular complexity index is 508. The number of benzene rings is 1. The first kappa shape index (κ1) is 20.2. The molecule has 0 bridgehead atoms. The Morgan fingerprint density at radius 2 is 1.95 bits per heavy atom. The lowest BCUT2D eigenvalue weighted by atomic mass is 10.0. The van der Waals surface area contributed by atoms with E-state index in [0.717, 1.165) is 6.42 Å². The molecule has 7 heteroatoms. The summed E-state index contributed by atoms with van der Waals surface area (Å²) in [5, 5.41) is 2.45. The molecule has 0 saturated heterocycles. The topological polar surface area (TPSA) is 101 Å². The van der Waals surface area contributed by atoms with Gasteiger partial charge in [0.2, 0.25) is 0 Å². The molecule has 1 aromatic rings. The van der Waals surface area contributed by atoms with Gasteiger partial charge in [-0.3, -0.25) is 4.79 Å². The number of hydrogen-bond donors (Lipinski definition) is 3. The molecule has 0 radical (unpaired) electrons. The minimum absolute atomic E-state index is 0. The van der Waals surface area contributed by atoms with Crippen LogP contribution in [0.2, 0.25) is 0 Å². The molecule has 0 aliphatic heterocycles. The summed E-state index contributed by atoms with van der Waals surface area (Å²) in [6, 6.07) is 6.10. The van der Waals surface area contributed by atoms with Crippen LogP contribution < -0.4 is 16.8 Å². The molecular formula is C15H25ClN4O2. The number of nitrogens with one attached hydrogen (secondary N) is 1. The molecule has 0 heterocycles. The Kier molecular flexibility index (Phi) is 8.52. The van der Waals surface area contributed by atoms with Crippen molar-refractivity contribution >= 4 is 30.0 Å². The van der Waals surface area contributed by atoms with E-state index in [1.165, 1.54) is 0 Å². The number of carbonyl (C=O) groups is 2. The highest BCUT2D eigenvalue weighted by Crippen LogP contribution is 2.13. The van der Waals surface area contributed by atoms with Crippen LogP contribution in [0.3, 0.4) is 0 Å². The van der Waals surface area contributed by atoms with Gasteiger partial charge in [-0.2, -0.15) is 0 Å². The first-order valence-electron chi connectivity index (χ1n) is 6.98. The fraction of sp³-hybridized carbons (Fsp3) is 0.467. The quantitative estimate of drug-likeness (QED) is 0.744. The number of halogens is 1. The van der Waals surface area contributed by atoms with Crippen molar-refractivity contribution in [3.63, 3.8) is 0 Å². The third kappa shape index (κ3) is 6.32.